The maximum atomic E-state index is 5.59. The number of hydrogen-bond donors (Lipinski definition) is 0. The average Bonchev–Trinajstić information content (AvgIpc) is 3.22. The molecule has 0 radical (unpaired) electrons. The van der Waals surface area contributed by atoms with Crippen molar-refractivity contribution < 1.29 is 14.2 Å². The zero-order valence-corrected chi connectivity index (χ0v) is 9.96. The summed E-state index contributed by atoms with van der Waals surface area (Å²) in [6.07, 6.45) is 0.729. The van der Waals surface area contributed by atoms with Gasteiger partial charge in [0.2, 0.25) is 0 Å². The maximum Gasteiger partial charge on any atom is 0.119 e. The van der Waals surface area contributed by atoms with Crippen LogP contribution in [0.2, 0.25) is 0 Å². The van der Waals surface area contributed by atoms with Gasteiger partial charge in [-0.2, -0.15) is 0 Å². The molecule has 0 amide bonds. The highest BCUT2D eigenvalue weighted by Crippen LogP contribution is 2.21. The normalized spacial score (nSPS) is 25.5. The third-order valence-corrected chi connectivity index (χ3v) is 3.00. The smallest absolute Gasteiger partial charge is 0.119 e. The Labute approximate surface area is 101 Å². The molecule has 2 aliphatic rings. The van der Waals surface area contributed by atoms with Crippen molar-refractivity contribution in [2.24, 2.45) is 0 Å². The Bertz CT molecular complexity index is 371. The van der Waals surface area contributed by atoms with Gasteiger partial charge in [0.25, 0.3) is 0 Å². The van der Waals surface area contributed by atoms with Crippen LogP contribution in [-0.2, 0) is 9.47 Å². The minimum Gasteiger partial charge on any atom is -0.491 e. The Balaban J connectivity index is 1.53. The van der Waals surface area contributed by atoms with Crippen LogP contribution in [0.5, 0.6) is 5.75 Å². The van der Waals surface area contributed by atoms with Gasteiger partial charge in [-0.15, -0.1) is 0 Å². The molecule has 0 spiro atoms. The summed E-state index contributed by atoms with van der Waals surface area (Å²) in [7, 11) is 2.08. The molecule has 4 heteroatoms. The average molecular weight is 235 g/mol. The van der Waals surface area contributed by atoms with Crippen molar-refractivity contribution in [1.82, 2.24) is 0 Å². The monoisotopic (exact) mass is 235 g/mol. The number of ether oxygens (including phenoxy) is 3. The Kier molecular flexibility index (Phi) is 2.91. The number of benzene rings is 1. The summed E-state index contributed by atoms with van der Waals surface area (Å²) < 4.78 is 15.9. The summed E-state index contributed by atoms with van der Waals surface area (Å²) in [4.78, 5) is 2.20. The summed E-state index contributed by atoms with van der Waals surface area (Å²) in [5.41, 5.74) is 1.19. The zero-order valence-electron chi connectivity index (χ0n) is 9.96. The molecule has 4 nitrogen and oxygen atoms in total. The molecule has 2 saturated heterocycles. The van der Waals surface area contributed by atoms with Crippen molar-refractivity contribution in [3.63, 3.8) is 0 Å². The summed E-state index contributed by atoms with van der Waals surface area (Å²) in [5.74, 6) is 0.903. The lowest BCUT2D eigenvalue weighted by Crippen LogP contribution is -2.22. The van der Waals surface area contributed by atoms with Crippen LogP contribution in [0, 0.1) is 0 Å². The van der Waals surface area contributed by atoms with Gasteiger partial charge in [0.05, 0.1) is 19.3 Å². The van der Waals surface area contributed by atoms with Gasteiger partial charge < -0.3 is 19.1 Å². The first-order valence-corrected chi connectivity index (χ1v) is 5.98. The molecule has 0 saturated carbocycles. The van der Waals surface area contributed by atoms with Gasteiger partial charge in [0, 0.05) is 19.3 Å². The Morgan fingerprint density at radius 2 is 1.82 bits per heavy atom. The van der Waals surface area contributed by atoms with Gasteiger partial charge >= 0.3 is 0 Å². The van der Waals surface area contributed by atoms with Gasteiger partial charge in [-0.1, -0.05) is 0 Å². The second-order valence-electron chi connectivity index (χ2n) is 4.60. The fourth-order valence-electron chi connectivity index (χ4n) is 1.73. The van der Waals surface area contributed by atoms with Crippen molar-refractivity contribution in [3.8, 4) is 5.75 Å². The van der Waals surface area contributed by atoms with E-state index in [-0.39, 0.29) is 0 Å². The molecular formula is C13H17NO3. The first kappa shape index (κ1) is 10.9. The largest absolute Gasteiger partial charge is 0.491 e. The molecular weight excluding hydrogens is 218 g/mol. The van der Waals surface area contributed by atoms with Gasteiger partial charge in [-0.25, -0.2) is 0 Å². The van der Waals surface area contributed by atoms with Gasteiger partial charge in [0.1, 0.15) is 18.5 Å². The molecule has 0 N–H and O–H groups in total. The number of hydrogen-bond acceptors (Lipinski definition) is 4. The molecule has 0 aliphatic carbocycles. The fourth-order valence-corrected chi connectivity index (χ4v) is 1.73. The van der Waals surface area contributed by atoms with Crippen LogP contribution in [0.15, 0.2) is 24.3 Å². The lowest BCUT2D eigenvalue weighted by atomic mass is 10.2. The third-order valence-electron chi connectivity index (χ3n) is 3.00. The van der Waals surface area contributed by atoms with Crippen molar-refractivity contribution in [2.45, 2.75) is 12.2 Å². The lowest BCUT2D eigenvalue weighted by Gasteiger charge is -2.18. The van der Waals surface area contributed by atoms with Gasteiger partial charge in [0.15, 0.2) is 0 Å². The topological polar surface area (TPSA) is 37.5 Å². The van der Waals surface area contributed by atoms with Crippen LogP contribution in [0.1, 0.15) is 0 Å². The minimum atomic E-state index is 0.310. The number of anilines is 1. The molecule has 0 aromatic heterocycles. The lowest BCUT2D eigenvalue weighted by molar-refractivity contribution is 0.263. The van der Waals surface area contributed by atoms with Crippen LogP contribution in [0.25, 0.3) is 0 Å². The van der Waals surface area contributed by atoms with Crippen molar-refractivity contribution in [3.05, 3.63) is 24.3 Å². The SMILES string of the molecule is CN(CC1CO1)c1ccc(OCC2CO2)cc1. The van der Waals surface area contributed by atoms with E-state index < -0.39 is 0 Å². The van der Waals surface area contributed by atoms with Crippen molar-refractivity contribution in [1.29, 1.82) is 0 Å². The second-order valence-corrected chi connectivity index (χ2v) is 4.60. The highest BCUT2D eigenvalue weighted by Gasteiger charge is 2.24. The van der Waals surface area contributed by atoms with E-state index in [0.717, 1.165) is 25.5 Å². The summed E-state index contributed by atoms with van der Waals surface area (Å²) in [6.45, 7) is 3.34. The summed E-state index contributed by atoms with van der Waals surface area (Å²) in [5, 5.41) is 0. The van der Waals surface area contributed by atoms with E-state index >= 15 is 0 Å². The highest BCUT2D eigenvalue weighted by atomic mass is 16.6. The predicted molar refractivity (Wildman–Crippen MR) is 64.7 cm³/mol. The van der Waals surface area contributed by atoms with Gasteiger partial charge in [-0.05, 0) is 24.3 Å². The van der Waals surface area contributed by atoms with Crippen LogP contribution in [-0.4, -0.2) is 45.6 Å². The van der Waals surface area contributed by atoms with E-state index in [1.165, 1.54) is 5.69 Å². The zero-order chi connectivity index (χ0) is 11.7. The Morgan fingerprint density at radius 3 is 2.41 bits per heavy atom. The third kappa shape index (κ3) is 3.11. The van der Waals surface area contributed by atoms with E-state index in [1.807, 2.05) is 12.1 Å². The molecule has 0 bridgehead atoms. The van der Waals surface area contributed by atoms with E-state index in [2.05, 4.69) is 24.1 Å². The number of nitrogens with zero attached hydrogens (tertiary/aromatic N) is 1. The van der Waals surface area contributed by atoms with E-state index in [0.29, 0.717) is 18.8 Å². The first-order valence-electron chi connectivity index (χ1n) is 5.98. The molecule has 2 atom stereocenters. The standard InChI is InChI=1S/C13H17NO3/c1-14(6-12-7-16-12)10-2-4-11(5-3-10)15-8-13-9-17-13/h2-5,12-13H,6-9H2,1H3. The van der Waals surface area contributed by atoms with Crippen LogP contribution in [0.4, 0.5) is 5.69 Å². The van der Waals surface area contributed by atoms with E-state index in [4.69, 9.17) is 14.2 Å². The van der Waals surface area contributed by atoms with Crippen LogP contribution < -0.4 is 9.64 Å². The van der Waals surface area contributed by atoms with E-state index in [1.54, 1.807) is 0 Å². The number of rotatable bonds is 6. The first-order chi connectivity index (χ1) is 8.31. The van der Waals surface area contributed by atoms with E-state index in [9.17, 15) is 0 Å². The van der Waals surface area contributed by atoms with Crippen molar-refractivity contribution >= 4 is 5.69 Å². The fraction of sp³-hybridized carbons (Fsp3) is 0.538. The quantitative estimate of drug-likeness (QED) is 0.696. The molecule has 2 aliphatic heterocycles. The maximum absolute atomic E-state index is 5.59. The van der Waals surface area contributed by atoms with Crippen LogP contribution in [0.3, 0.4) is 0 Å². The molecule has 1 aromatic carbocycles. The molecule has 2 fully saturated rings. The molecule has 2 unspecified atom stereocenters. The molecule has 2 heterocycles. The second kappa shape index (κ2) is 4.55. The van der Waals surface area contributed by atoms with Crippen LogP contribution >= 0.6 is 0 Å². The molecule has 17 heavy (non-hydrogen) atoms. The number of epoxide rings is 2. The Morgan fingerprint density at radius 1 is 1.18 bits per heavy atom. The summed E-state index contributed by atoms with van der Waals surface area (Å²) >= 11 is 0. The Hall–Kier alpha value is -1.26. The minimum absolute atomic E-state index is 0.310. The molecule has 92 valence electrons. The van der Waals surface area contributed by atoms with Gasteiger partial charge in [-0.3, -0.25) is 0 Å². The number of likely N-dealkylation sites (N-methyl/N-ethyl adjacent to an activating group) is 1. The molecule has 1 aromatic rings. The highest BCUT2D eigenvalue weighted by molar-refractivity contribution is 5.48. The summed E-state index contributed by atoms with van der Waals surface area (Å²) in [6, 6.07) is 8.15. The van der Waals surface area contributed by atoms with Crippen molar-refractivity contribution in [2.75, 3.05) is 38.3 Å². The molecule has 3 rings (SSSR count). The predicted octanol–water partition coefficient (Wildman–Crippen LogP) is 1.30.